The molecule has 0 aromatic carbocycles. The first kappa shape index (κ1) is 11.5. The van der Waals surface area contributed by atoms with Crippen LogP contribution in [-0.2, 0) is 4.74 Å². The molecule has 0 amide bonds. The molecule has 0 unspecified atom stereocenters. The quantitative estimate of drug-likeness (QED) is 0.635. The highest BCUT2D eigenvalue weighted by molar-refractivity contribution is 5.74. The van der Waals surface area contributed by atoms with Crippen LogP contribution in [0.5, 0.6) is 0 Å². The van der Waals surface area contributed by atoms with E-state index in [4.69, 9.17) is 9.84 Å². The largest absolute Gasteiger partial charge is 0.394 e. The molecular weight excluding hydrogens is 238 g/mol. The van der Waals surface area contributed by atoms with Gasteiger partial charge >= 0.3 is 0 Å². The first-order chi connectivity index (χ1) is 8.72. The molecule has 1 aliphatic rings. The Bertz CT molecular complexity index is 558. The van der Waals surface area contributed by atoms with Crippen molar-refractivity contribution in [1.29, 1.82) is 0 Å². The van der Waals surface area contributed by atoms with Gasteiger partial charge < -0.3 is 24.6 Å². The first-order valence-electron chi connectivity index (χ1n) is 5.61. The van der Waals surface area contributed by atoms with E-state index in [-0.39, 0.29) is 6.61 Å². The van der Waals surface area contributed by atoms with Crippen molar-refractivity contribution in [3.8, 4) is 0 Å². The highest BCUT2D eigenvalue weighted by Crippen LogP contribution is 2.31. The second-order valence-corrected chi connectivity index (χ2v) is 4.25. The van der Waals surface area contributed by atoms with Gasteiger partial charge in [0.2, 0.25) is 0 Å². The van der Waals surface area contributed by atoms with Crippen LogP contribution < -0.4 is 0 Å². The fraction of sp³-hybridized carbons (Fsp3) is 0.455. The Labute approximate surface area is 102 Å². The second-order valence-electron chi connectivity index (χ2n) is 4.25. The number of hydrogen-bond donors (Lipinski definition) is 3. The zero-order valence-electron chi connectivity index (χ0n) is 9.42. The van der Waals surface area contributed by atoms with Gasteiger partial charge in [-0.25, -0.2) is 9.97 Å². The van der Waals surface area contributed by atoms with Gasteiger partial charge in [-0.2, -0.15) is 0 Å². The predicted molar refractivity (Wildman–Crippen MR) is 60.5 cm³/mol. The lowest BCUT2D eigenvalue weighted by molar-refractivity contribution is -0.0508. The topological polar surface area (TPSA) is 101 Å². The van der Waals surface area contributed by atoms with Crippen molar-refractivity contribution < 1.29 is 20.1 Å². The summed E-state index contributed by atoms with van der Waals surface area (Å²) in [5, 5.41) is 29.5. The van der Waals surface area contributed by atoms with Crippen LogP contribution in [0, 0.1) is 0 Å². The standard InChI is InChI=1S/C11H13N3O4/c15-4-7-8(16)9(17)11(18-7)14-2-1-6-3-12-5-13-10(6)14/h1-3,5,7-9,11,15-17H,4H2/t7-,8-,9-,11-/m1/s1. The Morgan fingerprint density at radius 2 is 2.17 bits per heavy atom. The number of aromatic nitrogens is 3. The summed E-state index contributed by atoms with van der Waals surface area (Å²) in [4.78, 5) is 8.01. The van der Waals surface area contributed by atoms with Crippen LogP contribution in [0.1, 0.15) is 6.23 Å². The minimum absolute atomic E-state index is 0.344. The summed E-state index contributed by atoms with van der Waals surface area (Å²) in [6.07, 6.45) is 1.00. The van der Waals surface area contributed by atoms with Gasteiger partial charge in [0, 0.05) is 17.8 Å². The van der Waals surface area contributed by atoms with Gasteiger partial charge in [-0.15, -0.1) is 0 Å². The van der Waals surface area contributed by atoms with Crippen LogP contribution in [0.25, 0.3) is 11.0 Å². The van der Waals surface area contributed by atoms with E-state index in [9.17, 15) is 10.2 Å². The molecule has 4 atom stereocenters. The lowest BCUT2D eigenvalue weighted by atomic mass is 10.1. The third-order valence-corrected chi connectivity index (χ3v) is 3.17. The second kappa shape index (κ2) is 4.29. The van der Waals surface area contributed by atoms with E-state index in [0.717, 1.165) is 5.39 Å². The first-order valence-corrected chi connectivity index (χ1v) is 5.61. The minimum atomic E-state index is -1.11. The highest BCUT2D eigenvalue weighted by atomic mass is 16.6. The summed E-state index contributed by atoms with van der Waals surface area (Å²) in [5.74, 6) is 0. The Hall–Kier alpha value is -1.54. The van der Waals surface area contributed by atoms with E-state index in [1.54, 1.807) is 23.0 Å². The number of ether oxygens (including phenoxy) is 1. The molecule has 96 valence electrons. The van der Waals surface area contributed by atoms with Crippen molar-refractivity contribution in [2.45, 2.75) is 24.5 Å². The Morgan fingerprint density at radius 3 is 2.89 bits per heavy atom. The molecule has 3 rings (SSSR count). The van der Waals surface area contributed by atoms with Gasteiger partial charge in [0.15, 0.2) is 6.23 Å². The molecule has 1 aliphatic heterocycles. The molecule has 2 aromatic heterocycles. The summed E-state index contributed by atoms with van der Waals surface area (Å²) in [6, 6.07) is 1.80. The van der Waals surface area contributed by atoms with E-state index in [2.05, 4.69) is 9.97 Å². The maximum atomic E-state index is 9.94. The smallest absolute Gasteiger partial charge is 0.164 e. The van der Waals surface area contributed by atoms with E-state index in [1.807, 2.05) is 0 Å². The lowest BCUT2D eigenvalue weighted by Crippen LogP contribution is -2.33. The van der Waals surface area contributed by atoms with Crippen molar-refractivity contribution in [2.24, 2.45) is 0 Å². The number of hydrogen-bond acceptors (Lipinski definition) is 6. The van der Waals surface area contributed by atoms with Crippen molar-refractivity contribution in [1.82, 2.24) is 14.5 Å². The van der Waals surface area contributed by atoms with E-state index >= 15 is 0 Å². The monoisotopic (exact) mass is 251 g/mol. The van der Waals surface area contributed by atoms with Crippen molar-refractivity contribution >= 4 is 11.0 Å². The predicted octanol–water partition coefficient (Wildman–Crippen LogP) is -0.957. The molecule has 0 radical (unpaired) electrons. The molecule has 7 heteroatoms. The Kier molecular flexibility index (Phi) is 2.75. The van der Waals surface area contributed by atoms with Gasteiger partial charge in [0.25, 0.3) is 0 Å². The summed E-state index contributed by atoms with van der Waals surface area (Å²) < 4.78 is 7.07. The zero-order valence-corrected chi connectivity index (χ0v) is 9.42. The molecule has 1 saturated heterocycles. The Balaban J connectivity index is 2.00. The molecule has 3 heterocycles. The average molecular weight is 251 g/mol. The van der Waals surface area contributed by atoms with E-state index < -0.39 is 24.5 Å². The summed E-state index contributed by atoms with van der Waals surface area (Å²) in [7, 11) is 0. The number of aliphatic hydroxyl groups is 3. The summed E-state index contributed by atoms with van der Waals surface area (Å²) >= 11 is 0. The number of fused-ring (bicyclic) bond motifs is 1. The van der Waals surface area contributed by atoms with Crippen LogP contribution in [0.4, 0.5) is 0 Å². The summed E-state index contributed by atoms with van der Waals surface area (Å²) in [5.41, 5.74) is 0.611. The minimum Gasteiger partial charge on any atom is -0.394 e. The van der Waals surface area contributed by atoms with Crippen molar-refractivity contribution in [3.63, 3.8) is 0 Å². The fourth-order valence-electron chi connectivity index (χ4n) is 2.21. The third kappa shape index (κ3) is 1.60. The van der Waals surface area contributed by atoms with Crippen LogP contribution in [0.3, 0.4) is 0 Å². The molecule has 0 bridgehead atoms. The van der Waals surface area contributed by atoms with Crippen LogP contribution in [0.15, 0.2) is 24.8 Å². The average Bonchev–Trinajstić information content (AvgIpc) is 2.93. The normalized spacial score (nSPS) is 32.2. The third-order valence-electron chi connectivity index (χ3n) is 3.17. The van der Waals surface area contributed by atoms with Gasteiger partial charge in [0.05, 0.1) is 6.61 Å². The molecular formula is C11H13N3O4. The maximum Gasteiger partial charge on any atom is 0.164 e. The van der Waals surface area contributed by atoms with Crippen LogP contribution in [0.2, 0.25) is 0 Å². The highest BCUT2D eigenvalue weighted by Gasteiger charge is 2.43. The number of rotatable bonds is 2. The fourth-order valence-corrected chi connectivity index (χ4v) is 2.21. The molecule has 0 aliphatic carbocycles. The SMILES string of the molecule is OC[C@H]1O[C@@H](n2ccc3cncnc32)[C@H](O)[C@@H]1O. The van der Waals surface area contributed by atoms with Gasteiger partial charge in [0.1, 0.15) is 30.3 Å². The molecule has 18 heavy (non-hydrogen) atoms. The maximum absolute atomic E-state index is 9.94. The number of aliphatic hydroxyl groups excluding tert-OH is 3. The van der Waals surface area contributed by atoms with E-state index in [0.29, 0.717) is 5.65 Å². The van der Waals surface area contributed by atoms with Gasteiger partial charge in [-0.05, 0) is 6.07 Å². The molecule has 2 aromatic rings. The lowest BCUT2D eigenvalue weighted by Gasteiger charge is -2.17. The molecule has 7 nitrogen and oxygen atoms in total. The molecule has 0 saturated carbocycles. The van der Waals surface area contributed by atoms with Gasteiger partial charge in [-0.1, -0.05) is 0 Å². The molecule has 0 spiro atoms. The van der Waals surface area contributed by atoms with Crippen molar-refractivity contribution in [3.05, 3.63) is 24.8 Å². The Morgan fingerprint density at radius 1 is 1.33 bits per heavy atom. The number of nitrogens with zero attached hydrogens (tertiary/aromatic N) is 3. The zero-order chi connectivity index (χ0) is 12.7. The molecule has 1 fully saturated rings. The van der Waals surface area contributed by atoms with Crippen LogP contribution >= 0.6 is 0 Å². The van der Waals surface area contributed by atoms with Crippen LogP contribution in [-0.4, -0.2) is 54.8 Å². The van der Waals surface area contributed by atoms with Gasteiger partial charge in [-0.3, -0.25) is 0 Å². The van der Waals surface area contributed by atoms with Crippen molar-refractivity contribution in [2.75, 3.05) is 6.61 Å². The summed E-state index contributed by atoms with van der Waals surface area (Å²) in [6.45, 7) is -0.344. The molecule has 3 N–H and O–H groups in total. The van der Waals surface area contributed by atoms with E-state index in [1.165, 1.54) is 6.33 Å².